The van der Waals surface area contributed by atoms with E-state index in [4.69, 9.17) is 10.8 Å². The standard InChI is InChI=1S/C11H10BrFN2O4/c12-7-1-6(2-8(13)3-7)11(19)15(4-9(14)16)5-10(17)18/h1-3H,4-5H2,(H2,14,16)(H,17,18). The maximum absolute atomic E-state index is 13.2. The van der Waals surface area contributed by atoms with E-state index in [1.165, 1.54) is 6.07 Å². The number of nitrogens with zero attached hydrogens (tertiary/aromatic N) is 1. The van der Waals surface area contributed by atoms with Crippen LogP contribution in [0.1, 0.15) is 10.4 Å². The van der Waals surface area contributed by atoms with Crippen molar-refractivity contribution in [3.8, 4) is 0 Å². The molecule has 0 aromatic heterocycles. The van der Waals surface area contributed by atoms with Crippen molar-refractivity contribution in [3.63, 3.8) is 0 Å². The number of benzene rings is 1. The van der Waals surface area contributed by atoms with Gasteiger partial charge in [-0.2, -0.15) is 0 Å². The Morgan fingerprint density at radius 1 is 1.26 bits per heavy atom. The molecule has 1 aromatic rings. The molecule has 0 heterocycles. The predicted molar refractivity (Wildman–Crippen MR) is 66.8 cm³/mol. The highest BCUT2D eigenvalue weighted by molar-refractivity contribution is 9.10. The Kier molecular flexibility index (Phi) is 4.99. The second-order valence-electron chi connectivity index (χ2n) is 3.68. The van der Waals surface area contributed by atoms with Crippen LogP contribution in [0, 0.1) is 5.82 Å². The van der Waals surface area contributed by atoms with Crippen molar-refractivity contribution in [2.45, 2.75) is 0 Å². The Labute approximate surface area is 116 Å². The summed E-state index contributed by atoms with van der Waals surface area (Å²) in [5.74, 6) is -3.61. The van der Waals surface area contributed by atoms with Gasteiger partial charge in [0.15, 0.2) is 0 Å². The van der Waals surface area contributed by atoms with Gasteiger partial charge in [0.2, 0.25) is 5.91 Å². The molecule has 0 spiro atoms. The van der Waals surface area contributed by atoms with Gasteiger partial charge in [-0.15, -0.1) is 0 Å². The van der Waals surface area contributed by atoms with Crippen molar-refractivity contribution < 1.29 is 23.9 Å². The smallest absolute Gasteiger partial charge is 0.323 e. The molecule has 0 fully saturated rings. The molecular formula is C11H10BrFN2O4. The van der Waals surface area contributed by atoms with Gasteiger partial charge in [0.25, 0.3) is 5.91 Å². The summed E-state index contributed by atoms with van der Waals surface area (Å²) in [6.07, 6.45) is 0. The van der Waals surface area contributed by atoms with Crippen LogP contribution in [0.3, 0.4) is 0 Å². The largest absolute Gasteiger partial charge is 0.480 e. The van der Waals surface area contributed by atoms with Crippen LogP contribution in [0.2, 0.25) is 0 Å². The number of rotatable bonds is 5. The summed E-state index contributed by atoms with van der Waals surface area (Å²) >= 11 is 3.01. The fourth-order valence-electron chi connectivity index (χ4n) is 1.41. The Balaban J connectivity index is 3.03. The van der Waals surface area contributed by atoms with E-state index in [1.807, 2.05) is 0 Å². The molecule has 0 unspecified atom stereocenters. The first-order chi connectivity index (χ1) is 8.79. The minimum atomic E-state index is -1.30. The van der Waals surface area contributed by atoms with Crippen molar-refractivity contribution in [1.82, 2.24) is 4.90 Å². The highest BCUT2D eigenvalue weighted by atomic mass is 79.9. The SMILES string of the molecule is NC(=O)CN(CC(=O)O)C(=O)c1cc(F)cc(Br)c1. The quantitative estimate of drug-likeness (QED) is 0.824. The fraction of sp³-hybridized carbons (Fsp3) is 0.182. The third-order valence-electron chi connectivity index (χ3n) is 2.07. The number of aliphatic carboxylic acids is 1. The lowest BCUT2D eigenvalue weighted by atomic mass is 10.2. The molecule has 0 aliphatic heterocycles. The molecule has 3 N–H and O–H groups in total. The second-order valence-corrected chi connectivity index (χ2v) is 4.60. The van der Waals surface area contributed by atoms with Crippen molar-refractivity contribution in [3.05, 3.63) is 34.1 Å². The lowest BCUT2D eigenvalue weighted by Gasteiger charge is -2.19. The number of carbonyl (C=O) groups excluding carboxylic acids is 2. The number of hydrogen-bond donors (Lipinski definition) is 2. The summed E-state index contributed by atoms with van der Waals surface area (Å²) < 4.78 is 13.5. The molecule has 8 heteroatoms. The summed E-state index contributed by atoms with van der Waals surface area (Å²) in [6.45, 7) is -1.25. The van der Waals surface area contributed by atoms with Crippen molar-refractivity contribution >= 4 is 33.7 Å². The van der Waals surface area contributed by atoms with E-state index in [0.29, 0.717) is 4.47 Å². The summed E-state index contributed by atoms with van der Waals surface area (Å²) in [6, 6.07) is 3.41. The van der Waals surface area contributed by atoms with Crippen LogP contribution in [0.5, 0.6) is 0 Å². The second kappa shape index (κ2) is 6.28. The zero-order valence-electron chi connectivity index (χ0n) is 9.60. The van der Waals surface area contributed by atoms with Crippen LogP contribution in [0.25, 0.3) is 0 Å². The van der Waals surface area contributed by atoms with E-state index in [9.17, 15) is 18.8 Å². The third kappa shape index (κ3) is 4.66. The van der Waals surface area contributed by atoms with Gasteiger partial charge in [-0.25, -0.2) is 4.39 Å². The van der Waals surface area contributed by atoms with E-state index in [1.54, 1.807) is 0 Å². The molecule has 19 heavy (non-hydrogen) atoms. The summed E-state index contributed by atoms with van der Waals surface area (Å²) in [4.78, 5) is 34.2. The van der Waals surface area contributed by atoms with Crippen LogP contribution >= 0.6 is 15.9 Å². The lowest BCUT2D eigenvalue weighted by molar-refractivity contribution is -0.138. The van der Waals surface area contributed by atoms with E-state index >= 15 is 0 Å². The first-order valence-electron chi connectivity index (χ1n) is 5.05. The zero-order chi connectivity index (χ0) is 14.6. The Morgan fingerprint density at radius 3 is 2.37 bits per heavy atom. The van der Waals surface area contributed by atoms with Gasteiger partial charge in [0, 0.05) is 10.0 Å². The predicted octanol–water partition coefficient (Wildman–Crippen LogP) is 0.600. The molecule has 0 bridgehead atoms. The molecule has 0 aliphatic carbocycles. The van der Waals surface area contributed by atoms with Crippen molar-refractivity contribution in [1.29, 1.82) is 0 Å². The highest BCUT2D eigenvalue weighted by Gasteiger charge is 2.21. The molecule has 0 aliphatic rings. The first kappa shape index (κ1) is 15.1. The van der Waals surface area contributed by atoms with Crippen LogP contribution in [-0.4, -0.2) is 40.9 Å². The molecule has 102 valence electrons. The van der Waals surface area contributed by atoms with Gasteiger partial charge in [0.1, 0.15) is 18.9 Å². The van der Waals surface area contributed by atoms with Crippen LogP contribution in [0.15, 0.2) is 22.7 Å². The average Bonchev–Trinajstić information content (AvgIpc) is 2.24. The minimum Gasteiger partial charge on any atom is -0.480 e. The molecule has 1 rings (SSSR count). The topological polar surface area (TPSA) is 101 Å². The maximum atomic E-state index is 13.2. The van der Waals surface area contributed by atoms with E-state index in [0.717, 1.165) is 17.0 Å². The number of carbonyl (C=O) groups is 3. The number of halogens is 2. The molecule has 6 nitrogen and oxygen atoms in total. The summed E-state index contributed by atoms with van der Waals surface area (Å²) in [5, 5.41) is 8.67. The zero-order valence-corrected chi connectivity index (χ0v) is 11.2. The molecule has 0 saturated heterocycles. The van der Waals surface area contributed by atoms with Crippen LogP contribution < -0.4 is 5.73 Å². The minimum absolute atomic E-state index is 0.0747. The van der Waals surface area contributed by atoms with Gasteiger partial charge in [0.05, 0.1) is 0 Å². The molecule has 0 radical (unpaired) electrons. The lowest BCUT2D eigenvalue weighted by Crippen LogP contribution is -2.41. The van der Waals surface area contributed by atoms with Crippen LogP contribution in [0.4, 0.5) is 4.39 Å². The number of carboxylic acids is 1. The maximum Gasteiger partial charge on any atom is 0.323 e. The number of primary amides is 1. The van der Waals surface area contributed by atoms with Gasteiger partial charge >= 0.3 is 5.97 Å². The normalized spacial score (nSPS) is 10.0. The first-order valence-corrected chi connectivity index (χ1v) is 5.84. The Hall–Kier alpha value is -1.96. The number of carboxylic acid groups (broad SMARTS) is 1. The Bertz CT molecular complexity index is 499. The molecule has 1 aromatic carbocycles. The fourth-order valence-corrected chi connectivity index (χ4v) is 1.88. The van der Waals surface area contributed by atoms with Gasteiger partial charge in [-0.3, -0.25) is 14.4 Å². The summed E-state index contributed by atoms with van der Waals surface area (Å²) in [7, 11) is 0. The number of nitrogens with two attached hydrogens (primary N) is 1. The van der Waals surface area contributed by atoms with Gasteiger partial charge in [-0.1, -0.05) is 15.9 Å². The molecule has 0 atom stereocenters. The summed E-state index contributed by atoms with van der Waals surface area (Å²) in [5.41, 5.74) is 4.86. The van der Waals surface area contributed by atoms with E-state index in [2.05, 4.69) is 15.9 Å². The van der Waals surface area contributed by atoms with Gasteiger partial charge < -0.3 is 15.7 Å². The average molecular weight is 333 g/mol. The van der Waals surface area contributed by atoms with Crippen molar-refractivity contribution in [2.24, 2.45) is 5.73 Å². The highest BCUT2D eigenvalue weighted by Crippen LogP contribution is 2.16. The van der Waals surface area contributed by atoms with Crippen molar-refractivity contribution in [2.75, 3.05) is 13.1 Å². The van der Waals surface area contributed by atoms with Gasteiger partial charge in [-0.05, 0) is 18.2 Å². The van der Waals surface area contributed by atoms with E-state index in [-0.39, 0.29) is 5.56 Å². The third-order valence-corrected chi connectivity index (χ3v) is 2.53. The van der Waals surface area contributed by atoms with E-state index < -0.39 is 36.7 Å². The molecule has 0 saturated carbocycles. The monoisotopic (exact) mass is 332 g/mol. The molecule has 2 amide bonds. The Morgan fingerprint density at radius 2 is 1.89 bits per heavy atom. The molecular weight excluding hydrogens is 323 g/mol. The van der Waals surface area contributed by atoms with Crippen LogP contribution in [-0.2, 0) is 9.59 Å². The number of amides is 2. The number of hydrogen-bond acceptors (Lipinski definition) is 3.